The minimum Gasteiger partial charge on any atom is -0.494 e. The maximum Gasteiger partial charge on any atom is 0.323 e. The van der Waals surface area contributed by atoms with Gasteiger partial charge in [0.1, 0.15) is 5.75 Å². The van der Waals surface area contributed by atoms with Gasteiger partial charge in [-0.2, -0.15) is 0 Å². The molecule has 0 aromatic heterocycles. The number of thioether (sulfide) groups is 1. The summed E-state index contributed by atoms with van der Waals surface area (Å²) in [5.74, 6) is 1.53. The van der Waals surface area contributed by atoms with Crippen LogP contribution in [0.1, 0.15) is 95.3 Å². The second-order valence-electron chi connectivity index (χ2n) is 9.18. The lowest BCUT2D eigenvalue weighted by Crippen LogP contribution is -2.25. The number of carbonyl (C=O) groups excluding carboxylic acids is 2. The molecule has 3 N–H and O–H groups in total. The molecule has 0 bridgehead atoms. The SMILES string of the molecule is CCCCCCCCCCOc1ccc(NC(=O)Nc2cc(C(=O)NCCCC)ccc2SCC)cc1. The summed E-state index contributed by atoms with van der Waals surface area (Å²) >= 11 is 1.62. The zero-order valence-corrected chi connectivity index (χ0v) is 23.7. The molecular formula is C30H45N3O3S. The summed E-state index contributed by atoms with van der Waals surface area (Å²) in [7, 11) is 0. The Labute approximate surface area is 227 Å². The van der Waals surface area contributed by atoms with E-state index in [1.807, 2.05) is 30.3 Å². The fourth-order valence-electron chi connectivity index (χ4n) is 3.88. The lowest BCUT2D eigenvalue weighted by atomic mass is 10.1. The van der Waals surface area contributed by atoms with Gasteiger partial charge >= 0.3 is 6.03 Å². The molecule has 37 heavy (non-hydrogen) atoms. The van der Waals surface area contributed by atoms with E-state index >= 15 is 0 Å². The molecule has 2 aromatic carbocycles. The van der Waals surface area contributed by atoms with Crippen LogP contribution in [-0.2, 0) is 0 Å². The van der Waals surface area contributed by atoms with Crippen LogP contribution in [0, 0.1) is 0 Å². The molecule has 0 unspecified atom stereocenters. The molecular weight excluding hydrogens is 482 g/mol. The van der Waals surface area contributed by atoms with Crippen molar-refractivity contribution in [2.75, 3.05) is 29.5 Å². The maximum atomic E-state index is 12.7. The summed E-state index contributed by atoms with van der Waals surface area (Å²) in [5, 5.41) is 8.70. The van der Waals surface area contributed by atoms with Crippen LogP contribution in [0.25, 0.3) is 0 Å². The van der Waals surface area contributed by atoms with Gasteiger partial charge in [-0.1, -0.05) is 72.1 Å². The minimum atomic E-state index is -0.353. The first-order valence-corrected chi connectivity index (χ1v) is 14.9. The van der Waals surface area contributed by atoms with Crippen molar-refractivity contribution in [3.05, 3.63) is 48.0 Å². The van der Waals surface area contributed by atoms with E-state index < -0.39 is 0 Å². The maximum absolute atomic E-state index is 12.7. The molecule has 0 radical (unpaired) electrons. The minimum absolute atomic E-state index is 0.132. The van der Waals surface area contributed by atoms with Crippen LogP contribution in [0.5, 0.6) is 5.75 Å². The molecule has 0 spiro atoms. The van der Waals surface area contributed by atoms with Crippen molar-refractivity contribution < 1.29 is 14.3 Å². The molecule has 2 aromatic rings. The first-order valence-electron chi connectivity index (χ1n) is 13.9. The molecule has 7 heteroatoms. The topological polar surface area (TPSA) is 79.5 Å². The van der Waals surface area contributed by atoms with Crippen molar-refractivity contribution in [3.63, 3.8) is 0 Å². The molecule has 6 nitrogen and oxygen atoms in total. The lowest BCUT2D eigenvalue weighted by Gasteiger charge is -2.14. The van der Waals surface area contributed by atoms with Crippen molar-refractivity contribution in [3.8, 4) is 5.75 Å². The van der Waals surface area contributed by atoms with Crippen molar-refractivity contribution in [2.45, 2.75) is 89.9 Å². The van der Waals surface area contributed by atoms with Gasteiger partial charge in [0.15, 0.2) is 0 Å². The number of ether oxygens (including phenoxy) is 1. The van der Waals surface area contributed by atoms with E-state index in [-0.39, 0.29) is 11.9 Å². The highest BCUT2D eigenvalue weighted by molar-refractivity contribution is 7.99. The molecule has 0 aliphatic rings. The number of hydrogen-bond donors (Lipinski definition) is 3. The van der Waals surface area contributed by atoms with E-state index in [0.29, 0.717) is 30.1 Å². The number of benzene rings is 2. The van der Waals surface area contributed by atoms with Crippen LogP contribution in [0.15, 0.2) is 47.4 Å². The van der Waals surface area contributed by atoms with E-state index in [1.165, 1.54) is 44.9 Å². The number of rotatable bonds is 18. The zero-order chi connectivity index (χ0) is 26.7. The number of amides is 3. The second-order valence-corrected chi connectivity index (χ2v) is 10.5. The van der Waals surface area contributed by atoms with Crippen LogP contribution in [-0.4, -0.2) is 30.8 Å². The number of urea groups is 1. The smallest absolute Gasteiger partial charge is 0.323 e. The van der Waals surface area contributed by atoms with Gasteiger partial charge < -0.3 is 20.7 Å². The van der Waals surface area contributed by atoms with E-state index in [0.717, 1.165) is 35.7 Å². The van der Waals surface area contributed by atoms with Crippen LogP contribution < -0.4 is 20.7 Å². The van der Waals surface area contributed by atoms with Gasteiger partial charge in [-0.05, 0) is 61.1 Å². The van der Waals surface area contributed by atoms with Crippen molar-refractivity contribution in [2.24, 2.45) is 0 Å². The molecule has 0 atom stereocenters. The largest absolute Gasteiger partial charge is 0.494 e. The van der Waals surface area contributed by atoms with Gasteiger partial charge in [-0.3, -0.25) is 4.79 Å². The predicted octanol–water partition coefficient (Wildman–Crippen LogP) is 8.49. The van der Waals surface area contributed by atoms with Gasteiger partial charge in [0.05, 0.1) is 12.3 Å². The van der Waals surface area contributed by atoms with Gasteiger partial charge in [0.25, 0.3) is 5.91 Å². The van der Waals surface area contributed by atoms with E-state index in [2.05, 4.69) is 36.7 Å². The average Bonchev–Trinajstić information content (AvgIpc) is 2.90. The molecule has 0 fully saturated rings. The first-order chi connectivity index (χ1) is 18.1. The number of anilines is 2. The fourth-order valence-corrected chi connectivity index (χ4v) is 4.62. The van der Waals surface area contributed by atoms with E-state index in [9.17, 15) is 9.59 Å². The average molecular weight is 528 g/mol. The van der Waals surface area contributed by atoms with Crippen molar-refractivity contribution in [1.29, 1.82) is 0 Å². The van der Waals surface area contributed by atoms with Crippen LogP contribution >= 0.6 is 11.8 Å². The van der Waals surface area contributed by atoms with Crippen LogP contribution in [0.4, 0.5) is 16.2 Å². The van der Waals surface area contributed by atoms with Crippen molar-refractivity contribution in [1.82, 2.24) is 5.32 Å². The number of hydrogen-bond acceptors (Lipinski definition) is 4. The molecule has 204 valence electrons. The standard InChI is InChI=1S/C30H45N3O3S/c1-4-7-9-10-11-12-13-14-22-36-26-18-16-25(17-19-26)32-30(35)33-27-23-24(15-20-28(27)37-6-3)29(34)31-21-8-5-2/h15-20,23H,4-14,21-22H2,1-3H3,(H,31,34)(H2,32,33,35). The fraction of sp³-hybridized carbons (Fsp3) is 0.533. The molecule has 0 saturated heterocycles. The number of carbonyl (C=O) groups is 2. The Balaban J connectivity index is 1.81. The Morgan fingerprint density at radius 1 is 0.784 bits per heavy atom. The highest BCUT2D eigenvalue weighted by atomic mass is 32.2. The van der Waals surface area contributed by atoms with Crippen molar-refractivity contribution >= 4 is 35.1 Å². The monoisotopic (exact) mass is 527 g/mol. The third-order valence-corrected chi connectivity index (χ3v) is 6.94. The molecule has 0 aliphatic heterocycles. The van der Waals surface area contributed by atoms with Gasteiger partial charge in [-0.15, -0.1) is 11.8 Å². The molecule has 0 heterocycles. The van der Waals surface area contributed by atoms with E-state index in [4.69, 9.17) is 4.74 Å². The summed E-state index contributed by atoms with van der Waals surface area (Å²) < 4.78 is 5.85. The molecule has 0 aliphatic carbocycles. The van der Waals surface area contributed by atoms with Crippen LogP contribution in [0.2, 0.25) is 0 Å². The van der Waals surface area contributed by atoms with Gasteiger partial charge in [0.2, 0.25) is 0 Å². The number of unbranched alkanes of at least 4 members (excludes halogenated alkanes) is 8. The summed E-state index contributed by atoms with van der Waals surface area (Å²) in [6.45, 7) is 7.74. The summed E-state index contributed by atoms with van der Waals surface area (Å²) in [4.78, 5) is 26.1. The Hall–Kier alpha value is -2.67. The van der Waals surface area contributed by atoms with Gasteiger partial charge in [0, 0.05) is 22.7 Å². The molecule has 3 amide bonds. The van der Waals surface area contributed by atoms with Crippen LogP contribution in [0.3, 0.4) is 0 Å². The summed E-state index contributed by atoms with van der Waals surface area (Å²) in [6.07, 6.45) is 12.1. The highest BCUT2D eigenvalue weighted by Crippen LogP contribution is 2.28. The summed E-state index contributed by atoms with van der Waals surface area (Å²) in [5.41, 5.74) is 1.83. The normalized spacial score (nSPS) is 10.7. The quantitative estimate of drug-likeness (QED) is 0.134. The Morgan fingerprint density at radius 2 is 1.46 bits per heavy atom. The Morgan fingerprint density at radius 3 is 2.14 bits per heavy atom. The molecule has 2 rings (SSSR count). The molecule has 0 saturated carbocycles. The van der Waals surface area contributed by atoms with Gasteiger partial charge in [-0.25, -0.2) is 4.79 Å². The second kappa shape index (κ2) is 18.6. The summed E-state index contributed by atoms with van der Waals surface area (Å²) in [6, 6.07) is 12.5. The number of nitrogens with one attached hydrogen (secondary N) is 3. The Bertz CT molecular complexity index is 934. The third-order valence-electron chi connectivity index (χ3n) is 5.98. The first kappa shape index (κ1) is 30.6. The predicted molar refractivity (Wildman–Crippen MR) is 157 cm³/mol. The Kier molecular flexibility index (Phi) is 15.3. The third kappa shape index (κ3) is 12.4. The zero-order valence-electron chi connectivity index (χ0n) is 22.9. The highest BCUT2D eigenvalue weighted by Gasteiger charge is 2.12. The van der Waals surface area contributed by atoms with E-state index in [1.54, 1.807) is 23.9 Å². The lowest BCUT2D eigenvalue weighted by molar-refractivity contribution is 0.0953.